The number of hydrogen-bond donors (Lipinski definition) is 2. The van der Waals surface area contributed by atoms with Crippen LogP contribution in [-0.2, 0) is 10.0 Å². The van der Waals surface area contributed by atoms with E-state index in [-0.39, 0.29) is 21.7 Å². The number of anilines is 2. The number of carbonyl (C=O) groups is 1. The number of rotatable bonds is 5. The molecule has 1 heterocycles. The predicted octanol–water partition coefficient (Wildman–Crippen LogP) is 3.99. The van der Waals surface area contributed by atoms with Crippen LogP contribution in [0.3, 0.4) is 0 Å². The number of fused-ring (bicyclic) bond motifs is 1. The highest BCUT2D eigenvalue weighted by molar-refractivity contribution is 7.92. The monoisotopic (exact) mass is 438 g/mol. The van der Waals surface area contributed by atoms with Crippen molar-refractivity contribution in [2.45, 2.75) is 4.90 Å². The lowest BCUT2D eigenvalue weighted by Crippen LogP contribution is -2.14. The van der Waals surface area contributed by atoms with Gasteiger partial charge in [0.05, 0.1) is 4.90 Å². The van der Waals surface area contributed by atoms with Crippen molar-refractivity contribution in [3.63, 3.8) is 0 Å². The van der Waals surface area contributed by atoms with Gasteiger partial charge in [0.15, 0.2) is 0 Å². The van der Waals surface area contributed by atoms with Crippen LogP contribution in [0, 0.1) is 5.82 Å². The van der Waals surface area contributed by atoms with Gasteiger partial charge in [0, 0.05) is 28.4 Å². The van der Waals surface area contributed by atoms with Crippen LogP contribution >= 0.6 is 0 Å². The maximum absolute atomic E-state index is 13.2. The fraction of sp³-hybridized carbons (Fsp3) is 0. The molecule has 2 N–H and O–H groups in total. The van der Waals surface area contributed by atoms with Crippen LogP contribution in [-0.4, -0.2) is 14.3 Å². The zero-order chi connectivity index (χ0) is 22.0. The molecule has 156 valence electrons. The van der Waals surface area contributed by atoms with Gasteiger partial charge in [0.1, 0.15) is 11.4 Å². The number of sulfonamides is 1. The average Bonchev–Trinajstić information content (AvgIpc) is 2.73. The zero-order valence-corrected chi connectivity index (χ0v) is 16.6. The van der Waals surface area contributed by atoms with E-state index in [2.05, 4.69) is 10.0 Å². The van der Waals surface area contributed by atoms with Crippen molar-refractivity contribution in [2.75, 3.05) is 10.0 Å². The van der Waals surface area contributed by atoms with Crippen molar-refractivity contribution < 1.29 is 22.0 Å². The molecule has 0 saturated carbocycles. The molecule has 0 aliphatic rings. The first-order valence-corrected chi connectivity index (χ1v) is 10.5. The largest absolute Gasteiger partial charge is 0.423 e. The van der Waals surface area contributed by atoms with Gasteiger partial charge in [-0.15, -0.1) is 0 Å². The van der Waals surface area contributed by atoms with Crippen LogP contribution in [0.15, 0.2) is 93.0 Å². The normalized spacial score (nSPS) is 11.3. The van der Waals surface area contributed by atoms with Crippen molar-refractivity contribution in [1.29, 1.82) is 0 Å². The number of benzene rings is 3. The molecule has 0 bridgehead atoms. The number of amides is 1. The molecule has 0 radical (unpaired) electrons. The molecule has 1 aromatic heterocycles. The third-order valence-corrected chi connectivity index (χ3v) is 5.76. The summed E-state index contributed by atoms with van der Waals surface area (Å²) in [5.74, 6) is -0.936. The van der Waals surface area contributed by atoms with E-state index in [4.69, 9.17) is 4.42 Å². The van der Waals surface area contributed by atoms with E-state index in [9.17, 15) is 22.4 Å². The first kappa shape index (κ1) is 20.3. The zero-order valence-electron chi connectivity index (χ0n) is 15.8. The number of halogens is 1. The van der Waals surface area contributed by atoms with Gasteiger partial charge >= 0.3 is 5.63 Å². The maximum Gasteiger partial charge on any atom is 0.336 e. The predicted molar refractivity (Wildman–Crippen MR) is 114 cm³/mol. The molecule has 3 aromatic carbocycles. The highest BCUT2D eigenvalue weighted by Crippen LogP contribution is 2.21. The number of nitrogens with one attached hydrogen (secondary N) is 2. The van der Waals surface area contributed by atoms with Crippen molar-refractivity contribution in [3.05, 3.63) is 101 Å². The van der Waals surface area contributed by atoms with Gasteiger partial charge in [0.25, 0.3) is 15.9 Å². The first-order chi connectivity index (χ1) is 14.8. The average molecular weight is 438 g/mol. The molecule has 0 aliphatic carbocycles. The van der Waals surface area contributed by atoms with Gasteiger partial charge < -0.3 is 9.73 Å². The second-order valence-corrected chi connectivity index (χ2v) is 8.28. The lowest BCUT2D eigenvalue weighted by atomic mass is 10.2. The number of carbonyl (C=O) groups excluding carboxylic acids is 1. The Morgan fingerprint density at radius 1 is 0.871 bits per heavy atom. The molecule has 4 aromatic rings. The minimum absolute atomic E-state index is 0.0122. The van der Waals surface area contributed by atoms with Crippen LogP contribution in [0.5, 0.6) is 0 Å². The molecule has 9 heteroatoms. The van der Waals surface area contributed by atoms with E-state index < -0.39 is 27.4 Å². The number of hydrogen-bond acceptors (Lipinski definition) is 5. The summed E-state index contributed by atoms with van der Waals surface area (Å²) in [6, 6.07) is 18.1. The maximum atomic E-state index is 13.2. The summed E-state index contributed by atoms with van der Waals surface area (Å²) in [7, 11) is -3.91. The van der Waals surface area contributed by atoms with E-state index in [1.807, 2.05) is 0 Å². The molecule has 7 nitrogen and oxygen atoms in total. The molecule has 0 spiro atoms. The van der Waals surface area contributed by atoms with Crippen LogP contribution in [0.4, 0.5) is 15.8 Å². The van der Waals surface area contributed by atoms with Gasteiger partial charge in [0.2, 0.25) is 0 Å². The minimum atomic E-state index is -3.91. The molecule has 31 heavy (non-hydrogen) atoms. The molecule has 0 fully saturated rings. The summed E-state index contributed by atoms with van der Waals surface area (Å²) in [6.45, 7) is 0. The Kier molecular flexibility index (Phi) is 5.26. The summed E-state index contributed by atoms with van der Waals surface area (Å²) >= 11 is 0. The lowest BCUT2D eigenvalue weighted by molar-refractivity contribution is 0.102. The lowest BCUT2D eigenvalue weighted by Gasteiger charge is -2.10. The van der Waals surface area contributed by atoms with Crippen LogP contribution < -0.4 is 15.7 Å². The fourth-order valence-electron chi connectivity index (χ4n) is 2.89. The second kappa shape index (κ2) is 8.04. The van der Waals surface area contributed by atoms with E-state index in [1.165, 1.54) is 72.8 Å². The molecule has 1 amide bonds. The Morgan fingerprint density at radius 3 is 2.39 bits per heavy atom. The smallest absolute Gasteiger partial charge is 0.336 e. The van der Waals surface area contributed by atoms with Crippen LogP contribution in [0.2, 0.25) is 0 Å². The van der Waals surface area contributed by atoms with Gasteiger partial charge in [-0.05, 0) is 66.7 Å². The van der Waals surface area contributed by atoms with Crippen LogP contribution in [0.1, 0.15) is 10.4 Å². The van der Waals surface area contributed by atoms with E-state index in [0.29, 0.717) is 11.1 Å². The van der Waals surface area contributed by atoms with Gasteiger partial charge in [-0.25, -0.2) is 17.6 Å². The van der Waals surface area contributed by atoms with Crippen molar-refractivity contribution in [3.8, 4) is 0 Å². The standard InChI is InChI=1S/C22H15FN2O5S/c23-16-2-1-3-18(13-16)24-22(27)14-4-7-17(8-5-14)25-31(28,29)19-9-10-20-15(12-19)6-11-21(26)30-20/h1-13,25H,(H,24,27). The Labute approximate surface area is 176 Å². The van der Waals surface area contributed by atoms with E-state index >= 15 is 0 Å². The van der Waals surface area contributed by atoms with Gasteiger partial charge in [-0.1, -0.05) is 6.07 Å². The molecule has 4 rings (SSSR count). The Morgan fingerprint density at radius 2 is 1.65 bits per heavy atom. The van der Waals surface area contributed by atoms with E-state index in [1.54, 1.807) is 6.07 Å². The topological polar surface area (TPSA) is 105 Å². The first-order valence-electron chi connectivity index (χ1n) is 9.04. The second-order valence-electron chi connectivity index (χ2n) is 6.60. The summed E-state index contributed by atoms with van der Waals surface area (Å²) in [5.41, 5.74) is 0.583. The molecule has 0 unspecified atom stereocenters. The van der Waals surface area contributed by atoms with Crippen molar-refractivity contribution in [2.24, 2.45) is 0 Å². The summed E-state index contributed by atoms with van der Waals surface area (Å²) in [6.07, 6.45) is 0. The minimum Gasteiger partial charge on any atom is -0.423 e. The Balaban J connectivity index is 1.50. The van der Waals surface area contributed by atoms with Gasteiger partial charge in [-0.3, -0.25) is 9.52 Å². The highest BCUT2D eigenvalue weighted by Gasteiger charge is 2.16. The highest BCUT2D eigenvalue weighted by atomic mass is 32.2. The van der Waals surface area contributed by atoms with E-state index in [0.717, 1.165) is 0 Å². The summed E-state index contributed by atoms with van der Waals surface area (Å²) in [4.78, 5) is 23.5. The Hall–Kier alpha value is -3.98. The van der Waals surface area contributed by atoms with Gasteiger partial charge in [-0.2, -0.15) is 0 Å². The SMILES string of the molecule is O=C(Nc1cccc(F)c1)c1ccc(NS(=O)(=O)c2ccc3oc(=O)ccc3c2)cc1. The van der Waals surface area contributed by atoms with Crippen LogP contribution in [0.25, 0.3) is 11.0 Å². The fourth-order valence-corrected chi connectivity index (χ4v) is 3.98. The summed E-state index contributed by atoms with van der Waals surface area (Å²) < 4.78 is 46.0. The summed E-state index contributed by atoms with van der Waals surface area (Å²) in [5, 5.41) is 3.03. The quantitative estimate of drug-likeness (QED) is 0.459. The molecular weight excluding hydrogens is 423 g/mol. The Bertz CT molecular complexity index is 1450. The van der Waals surface area contributed by atoms with Crippen molar-refractivity contribution >= 4 is 38.3 Å². The third-order valence-electron chi connectivity index (χ3n) is 4.38. The molecule has 0 saturated heterocycles. The van der Waals surface area contributed by atoms with Crippen molar-refractivity contribution in [1.82, 2.24) is 0 Å². The molecule has 0 aliphatic heterocycles. The molecule has 0 atom stereocenters. The third kappa shape index (κ3) is 4.62. The molecular formula is C22H15FN2O5S.